The molecule has 0 bridgehead atoms. The lowest BCUT2D eigenvalue weighted by Crippen LogP contribution is -1.93. The average molecular weight is 231 g/mol. The summed E-state index contributed by atoms with van der Waals surface area (Å²) in [6, 6.07) is 8.13. The number of nitrogens with two attached hydrogens (primary N) is 1. The van der Waals surface area contributed by atoms with Crippen LogP contribution in [0.3, 0.4) is 0 Å². The van der Waals surface area contributed by atoms with Gasteiger partial charge in [0.1, 0.15) is 0 Å². The van der Waals surface area contributed by atoms with Crippen molar-refractivity contribution >= 4 is 18.3 Å². The molecule has 82 valence electrons. The number of nitrogens with one attached hydrogen (secondary N) is 1. The molecule has 0 saturated heterocycles. The van der Waals surface area contributed by atoms with Crippen molar-refractivity contribution in [2.75, 3.05) is 6.54 Å². The Labute approximate surface area is 99.2 Å². The molecule has 0 aliphatic rings. The molecule has 16 heavy (non-hydrogen) atoms. The Bertz CT molecular complexity index is 534. The van der Waals surface area contributed by atoms with Crippen molar-refractivity contribution in [2.45, 2.75) is 0 Å². The highest BCUT2D eigenvalue weighted by Gasteiger charge is 1.96. The maximum atomic E-state index is 5.39. The van der Waals surface area contributed by atoms with Crippen LogP contribution in [0.4, 0.5) is 0 Å². The van der Waals surface area contributed by atoms with Crippen LogP contribution in [-0.2, 0) is 0 Å². The van der Waals surface area contributed by atoms with E-state index in [-0.39, 0.29) is 0 Å². The molecule has 0 radical (unpaired) electrons. The fraction of sp³-hybridized carbons (Fsp3) is 0.0833. The van der Waals surface area contributed by atoms with Gasteiger partial charge in [0.25, 0.3) is 0 Å². The monoisotopic (exact) mass is 231 g/mol. The van der Waals surface area contributed by atoms with Gasteiger partial charge in [-0.2, -0.15) is 0 Å². The molecule has 1 aromatic carbocycles. The van der Waals surface area contributed by atoms with Crippen molar-refractivity contribution in [1.82, 2.24) is 9.55 Å². The van der Waals surface area contributed by atoms with E-state index in [0.717, 1.165) is 11.3 Å². The van der Waals surface area contributed by atoms with Crippen LogP contribution in [0.25, 0.3) is 11.8 Å². The second-order valence-corrected chi connectivity index (χ2v) is 3.75. The SMILES string of the molecule is NCC=Cc1ccc(-n2cc[nH]c2=S)cc1. The zero-order valence-corrected chi connectivity index (χ0v) is 9.58. The van der Waals surface area contributed by atoms with E-state index in [1.807, 2.05) is 53.4 Å². The third-order valence-electron chi connectivity index (χ3n) is 2.27. The maximum Gasteiger partial charge on any atom is 0.181 e. The number of rotatable bonds is 3. The second kappa shape index (κ2) is 4.92. The van der Waals surface area contributed by atoms with Crippen molar-refractivity contribution in [3.63, 3.8) is 0 Å². The average Bonchev–Trinajstić information content (AvgIpc) is 2.74. The summed E-state index contributed by atoms with van der Waals surface area (Å²) in [5.74, 6) is 0. The summed E-state index contributed by atoms with van der Waals surface area (Å²) in [5, 5.41) is 0. The Morgan fingerprint density at radius 3 is 2.62 bits per heavy atom. The predicted molar refractivity (Wildman–Crippen MR) is 69.0 cm³/mol. The molecule has 2 rings (SSSR count). The molecule has 1 aromatic heterocycles. The molecule has 0 fully saturated rings. The fourth-order valence-electron chi connectivity index (χ4n) is 1.47. The molecule has 3 N–H and O–H groups in total. The number of aromatic amines is 1. The first kappa shape index (κ1) is 10.9. The molecule has 0 spiro atoms. The number of hydrogen-bond donors (Lipinski definition) is 2. The fourth-order valence-corrected chi connectivity index (χ4v) is 1.71. The number of imidazole rings is 1. The van der Waals surface area contributed by atoms with Crippen molar-refractivity contribution in [2.24, 2.45) is 5.73 Å². The van der Waals surface area contributed by atoms with E-state index in [9.17, 15) is 0 Å². The molecular weight excluding hydrogens is 218 g/mol. The Hall–Kier alpha value is -1.65. The van der Waals surface area contributed by atoms with E-state index in [0.29, 0.717) is 11.3 Å². The smallest absolute Gasteiger partial charge is 0.181 e. The Balaban J connectivity index is 2.30. The van der Waals surface area contributed by atoms with Gasteiger partial charge in [0, 0.05) is 24.6 Å². The van der Waals surface area contributed by atoms with E-state index in [1.165, 1.54) is 0 Å². The quantitative estimate of drug-likeness (QED) is 0.797. The summed E-state index contributed by atoms with van der Waals surface area (Å²) in [7, 11) is 0. The molecule has 0 unspecified atom stereocenters. The summed E-state index contributed by atoms with van der Waals surface area (Å²) < 4.78 is 2.62. The largest absolute Gasteiger partial charge is 0.337 e. The van der Waals surface area contributed by atoms with Gasteiger partial charge in [-0.25, -0.2) is 0 Å². The molecule has 0 amide bonds. The number of benzene rings is 1. The highest BCUT2D eigenvalue weighted by molar-refractivity contribution is 7.71. The number of hydrogen-bond acceptors (Lipinski definition) is 2. The summed E-state index contributed by atoms with van der Waals surface area (Å²) in [6.45, 7) is 0.560. The predicted octanol–water partition coefficient (Wildman–Crippen LogP) is 2.51. The van der Waals surface area contributed by atoms with Crippen molar-refractivity contribution in [3.8, 4) is 5.69 Å². The van der Waals surface area contributed by atoms with E-state index in [2.05, 4.69) is 4.98 Å². The van der Waals surface area contributed by atoms with Gasteiger partial charge in [-0.1, -0.05) is 24.3 Å². The lowest BCUT2D eigenvalue weighted by molar-refractivity contribution is 1.03. The first-order valence-electron chi connectivity index (χ1n) is 5.04. The van der Waals surface area contributed by atoms with Crippen molar-refractivity contribution in [1.29, 1.82) is 0 Å². The first-order chi connectivity index (χ1) is 7.81. The van der Waals surface area contributed by atoms with Gasteiger partial charge in [-0.3, -0.25) is 4.57 Å². The third-order valence-corrected chi connectivity index (χ3v) is 2.58. The van der Waals surface area contributed by atoms with Gasteiger partial charge in [-0.15, -0.1) is 0 Å². The van der Waals surface area contributed by atoms with Gasteiger partial charge in [0.15, 0.2) is 4.77 Å². The number of aromatic nitrogens is 2. The van der Waals surface area contributed by atoms with Crippen LogP contribution < -0.4 is 5.73 Å². The molecule has 2 aromatic rings. The Morgan fingerprint density at radius 1 is 1.31 bits per heavy atom. The van der Waals surface area contributed by atoms with Crippen molar-refractivity contribution < 1.29 is 0 Å². The lowest BCUT2D eigenvalue weighted by Gasteiger charge is -2.02. The van der Waals surface area contributed by atoms with Crippen LogP contribution in [0, 0.1) is 4.77 Å². The van der Waals surface area contributed by atoms with E-state index >= 15 is 0 Å². The van der Waals surface area contributed by atoms with Gasteiger partial charge in [0.05, 0.1) is 0 Å². The van der Waals surface area contributed by atoms with E-state index < -0.39 is 0 Å². The minimum atomic E-state index is 0.560. The molecule has 3 nitrogen and oxygen atoms in total. The third kappa shape index (κ3) is 2.29. The van der Waals surface area contributed by atoms with Crippen LogP contribution in [0.15, 0.2) is 42.7 Å². The first-order valence-corrected chi connectivity index (χ1v) is 5.45. The molecule has 0 aliphatic carbocycles. The van der Waals surface area contributed by atoms with E-state index in [1.54, 1.807) is 0 Å². The topological polar surface area (TPSA) is 46.7 Å². The summed E-state index contributed by atoms with van der Waals surface area (Å²) >= 11 is 5.15. The van der Waals surface area contributed by atoms with Crippen LogP contribution in [-0.4, -0.2) is 16.1 Å². The molecule has 0 aliphatic heterocycles. The standard InChI is InChI=1S/C12H13N3S/c13-7-1-2-10-3-5-11(6-4-10)15-9-8-14-12(15)16/h1-6,8-9H,7,13H2,(H,14,16). The van der Waals surface area contributed by atoms with Crippen molar-refractivity contribution in [3.05, 3.63) is 53.1 Å². The number of nitrogens with zero attached hydrogens (tertiary/aromatic N) is 1. The normalized spacial score (nSPS) is 11.1. The Morgan fingerprint density at radius 2 is 2.06 bits per heavy atom. The maximum absolute atomic E-state index is 5.39. The van der Waals surface area contributed by atoms with Crippen LogP contribution in [0.5, 0.6) is 0 Å². The zero-order chi connectivity index (χ0) is 11.4. The highest BCUT2D eigenvalue weighted by Crippen LogP contribution is 2.11. The summed E-state index contributed by atoms with van der Waals surface area (Å²) in [4.78, 5) is 2.96. The van der Waals surface area contributed by atoms with Crippen LogP contribution in [0.2, 0.25) is 0 Å². The van der Waals surface area contributed by atoms with Gasteiger partial charge in [0.2, 0.25) is 0 Å². The lowest BCUT2D eigenvalue weighted by atomic mass is 10.2. The van der Waals surface area contributed by atoms with Crippen LogP contribution >= 0.6 is 12.2 Å². The summed E-state index contributed by atoms with van der Waals surface area (Å²) in [6.07, 6.45) is 7.66. The van der Waals surface area contributed by atoms with Gasteiger partial charge in [-0.05, 0) is 29.9 Å². The second-order valence-electron chi connectivity index (χ2n) is 3.36. The minimum absolute atomic E-state index is 0.560. The van der Waals surface area contributed by atoms with E-state index in [4.69, 9.17) is 18.0 Å². The minimum Gasteiger partial charge on any atom is -0.337 e. The Kier molecular flexibility index (Phi) is 3.34. The molecule has 1 heterocycles. The molecular formula is C12H13N3S. The number of H-pyrrole nitrogens is 1. The molecule has 0 atom stereocenters. The molecule has 4 heteroatoms. The zero-order valence-electron chi connectivity index (χ0n) is 8.76. The summed E-state index contributed by atoms with van der Waals surface area (Å²) in [5.41, 5.74) is 7.58. The van der Waals surface area contributed by atoms with Gasteiger partial charge < -0.3 is 10.7 Å². The van der Waals surface area contributed by atoms with Gasteiger partial charge >= 0.3 is 0 Å². The highest BCUT2D eigenvalue weighted by atomic mass is 32.1. The van der Waals surface area contributed by atoms with Crippen LogP contribution in [0.1, 0.15) is 5.56 Å². The molecule has 0 saturated carbocycles.